The van der Waals surface area contributed by atoms with Crippen molar-refractivity contribution in [2.45, 2.75) is 49.5 Å². The molecule has 33 heavy (non-hydrogen) atoms. The van der Waals surface area contributed by atoms with Crippen molar-refractivity contribution < 1.29 is 34.8 Å². The molecule has 1 aliphatic heterocycles. The number of sulfone groups is 1. The third-order valence-corrected chi connectivity index (χ3v) is 6.91. The van der Waals surface area contributed by atoms with Crippen molar-refractivity contribution in [2.75, 3.05) is 23.7 Å². The Morgan fingerprint density at radius 1 is 1.12 bits per heavy atom. The van der Waals surface area contributed by atoms with Crippen molar-refractivity contribution in [3.63, 3.8) is 0 Å². The van der Waals surface area contributed by atoms with Gasteiger partial charge in [-0.2, -0.15) is 13.2 Å². The zero-order chi connectivity index (χ0) is 24.6. The first kappa shape index (κ1) is 25.0. The number of aromatic nitrogens is 3. The largest absolute Gasteiger partial charge is 0.425 e. The highest BCUT2D eigenvalue weighted by atomic mass is 32.2. The van der Waals surface area contributed by atoms with Gasteiger partial charge in [-0.15, -0.1) is 0 Å². The first-order valence-electron chi connectivity index (χ1n) is 9.90. The summed E-state index contributed by atoms with van der Waals surface area (Å²) in [5.74, 6) is -4.78. The first-order chi connectivity index (χ1) is 15.3. The summed E-state index contributed by atoms with van der Waals surface area (Å²) in [5.41, 5.74) is -1.67. The molecule has 7 nitrogen and oxygen atoms in total. The molecule has 0 amide bonds. The molecule has 0 N–H and O–H groups in total. The second-order valence-electron chi connectivity index (χ2n) is 7.52. The van der Waals surface area contributed by atoms with Crippen LogP contribution in [0.5, 0.6) is 0 Å². The standard InChI is InChI=1S/C19H20F6N4O3S/c1-2-33(31,32)13-5-6-14(28-7-3-4-8-28)27-16(13)12-9-15(30)29(11-26-12)10-18(21,22)17(20)19(23,24)25/h5-6,9,11,17H,2-4,7-8,10H2,1H3. The van der Waals surface area contributed by atoms with Crippen molar-refractivity contribution in [3.8, 4) is 11.4 Å². The lowest BCUT2D eigenvalue weighted by molar-refractivity contribution is -0.247. The summed E-state index contributed by atoms with van der Waals surface area (Å²) in [6.07, 6.45) is -7.97. The molecule has 3 rings (SSSR count). The molecule has 0 aliphatic carbocycles. The molecule has 1 atom stereocenters. The topological polar surface area (TPSA) is 85.2 Å². The number of nitrogens with zero attached hydrogens (tertiary/aromatic N) is 4. The van der Waals surface area contributed by atoms with Gasteiger partial charge in [0.2, 0.25) is 0 Å². The highest BCUT2D eigenvalue weighted by molar-refractivity contribution is 7.91. The minimum atomic E-state index is -5.82. The molecule has 0 radical (unpaired) electrons. The van der Waals surface area contributed by atoms with Crippen LogP contribution in [0.2, 0.25) is 0 Å². The summed E-state index contributed by atoms with van der Waals surface area (Å²) in [6.45, 7) is 0.857. The van der Waals surface area contributed by atoms with Gasteiger partial charge in [0.15, 0.2) is 9.84 Å². The van der Waals surface area contributed by atoms with Gasteiger partial charge in [0.05, 0.1) is 29.2 Å². The predicted molar refractivity (Wildman–Crippen MR) is 107 cm³/mol. The van der Waals surface area contributed by atoms with Crippen LogP contribution in [0.1, 0.15) is 19.8 Å². The van der Waals surface area contributed by atoms with E-state index in [9.17, 15) is 39.6 Å². The number of anilines is 1. The van der Waals surface area contributed by atoms with Crippen LogP contribution in [0.15, 0.2) is 34.2 Å². The third-order valence-electron chi connectivity index (χ3n) is 5.15. The van der Waals surface area contributed by atoms with Crippen LogP contribution >= 0.6 is 0 Å². The van der Waals surface area contributed by atoms with E-state index >= 15 is 0 Å². The summed E-state index contributed by atoms with van der Waals surface area (Å²) >= 11 is 0. The van der Waals surface area contributed by atoms with E-state index in [0.717, 1.165) is 12.8 Å². The molecule has 1 unspecified atom stereocenters. The maximum absolute atomic E-state index is 13.7. The molecule has 2 aromatic rings. The molecule has 2 aromatic heterocycles. The molecule has 1 saturated heterocycles. The second kappa shape index (κ2) is 8.95. The summed E-state index contributed by atoms with van der Waals surface area (Å²) in [6, 6.07) is 3.51. The van der Waals surface area contributed by atoms with Crippen molar-refractivity contribution in [1.82, 2.24) is 14.5 Å². The first-order valence-corrected chi connectivity index (χ1v) is 11.6. The Morgan fingerprint density at radius 2 is 1.76 bits per heavy atom. The fourth-order valence-corrected chi connectivity index (χ4v) is 4.40. The van der Waals surface area contributed by atoms with Gasteiger partial charge in [0, 0.05) is 19.2 Å². The maximum Gasteiger partial charge on any atom is 0.425 e. The Balaban J connectivity index is 2.03. The van der Waals surface area contributed by atoms with Gasteiger partial charge in [-0.25, -0.2) is 31.6 Å². The summed E-state index contributed by atoms with van der Waals surface area (Å²) in [5, 5.41) is 0. The lowest BCUT2D eigenvalue weighted by atomic mass is 10.2. The second-order valence-corrected chi connectivity index (χ2v) is 9.77. The Kier molecular flexibility index (Phi) is 6.78. The minimum absolute atomic E-state index is 0.125. The molecular weight excluding hydrogens is 478 g/mol. The number of halogens is 6. The van der Waals surface area contributed by atoms with Crippen LogP contribution < -0.4 is 10.5 Å². The van der Waals surface area contributed by atoms with E-state index in [1.807, 2.05) is 4.90 Å². The monoisotopic (exact) mass is 498 g/mol. The van der Waals surface area contributed by atoms with Gasteiger partial charge in [-0.05, 0) is 25.0 Å². The van der Waals surface area contributed by atoms with E-state index in [-0.39, 0.29) is 26.6 Å². The number of hydrogen-bond acceptors (Lipinski definition) is 6. The van der Waals surface area contributed by atoms with E-state index in [4.69, 9.17) is 0 Å². The SMILES string of the molecule is CCS(=O)(=O)c1ccc(N2CCCC2)nc1-c1cc(=O)n(CC(F)(F)C(F)C(F)(F)F)cn1. The lowest BCUT2D eigenvalue weighted by Gasteiger charge is -2.23. The summed E-state index contributed by atoms with van der Waals surface area (Å²) < 4.78 is 103. The van der Waals surface area contributed by atoms with Crippen LogP contribution in [0, 0.1) is 0 Å². The van der Waals surface area contributed by atoms with E-state index in [1.54, 1.807) is 0 Å². The van der Waals surface area contributed by atoms with Crippen LogP contribution in [-0.2, 0) is 16.4 Å². The third kappa shape index (κ3) is 5.31. The summed E-state index contributed by atoms with van der Waals surface area (Å²) in [7, 11) is -3.82. The fraction of sp³-hybridized carbons (Fsp3) is 0.526. The molecular formula is C19H20F6N4O3S. The number of alkyl halides is 6. The molecule has 1 aliphatic rings. The van der Waals surface area contributed by atoms with E-state index < -0.39 is 40.2 Å². The van der Waals surface area contributed by atoms with E-state index in [1.165, 1.54) is 19.1 Å². The highest BCUT2D eigenvalue weighted by Gasteiger charge is 2.57. The predicted octanol–water partition coefficient (Wildman–Crippen LogP) is 3.23. The lowest BCUT2D eigenvalue weighted by Crippen LogP contribution is -2.46. The zero-order valence-electron chi connectivity index (χ0n) is 17.3. The van der Waals surface area contributed by atoms with Gasteiger partial charge < -0.3 is 4.90 Å². The number of rotatable bonds is 7. The zero-order valence-corrected chi connectivity index (χ0v) is 18.1. The molecule has 182 valence electrons. The maximum atomic E-state index is 13.7. The fourth-order valence-electron chi connectivity index (χ4n) is 3.37. The average Bonchev–Trinajstić information content (AvgIpc) is 3.28. The van der Waals surface area contributed by atoms with E-state index in [2.05, 4.69) is 9.97 Å². The average molecular weight is 498 g/mol. The quantitative estimate of drug-likeness (QED) is 0.545. The van der Waals surface area contributed by atoms with Gasteiger partial charge in [-0.1, -0.05) is 6.92 Å². The van der Waals surface area contributed by atoms with Crippen LogP contribution in [0.25, 0.3) is 11.4 Å². The van der Waals surface area contributed by atoms with Gasteiger partial charge >= 0.3 is 12.1 Å². The van der Waals surface area contributed by atoms with Gasteiger partial charge in [0.25, 0.3) is 11.7 Å². The van der Waals surface area contributed by atoms with Crippen molar-refractivity contribution >= 4 is 15.7 Å². The Bertz CT molecular complexity index is 1180. The molecule has 14 heteroatoms. The molecule has 1 fully saturated rings. The van der Waals surface area contributed by atoms with Crippen molar-refractivity contribution in [3.05, 3.63) is 34.9 Å². The minimum Gasteiger partial charge on any atom is -0.357 e. The smallest absolute Gasteiger partial charge is 0.357 e. The number of hydrogen-bond donors (Lipinski definition) is 0. The van der Waals surface area contributed by atoms with E-state index in [0.29, 0.717) is 31.3 Å². The van der Waals surface area contributed by atoms with Crippen LogP contribution in [0.4, 0.5) is 32.2 Å². The van der Waals surface area contributed by atoms with Crippen molar-refractivity contribution in [1.29, 1.82) is 0 Å². The van der Waals surface area contributed by atoms with Crippen LogP contribution in [-0.4, -0.2) is 60.1 Å². The highest BCUT2D eigenvalue weighted by Crippen LogP contribution is 2.36. The molecule has 0 spiro atoms. The Morgan fingerprint density at radius 3 is 2.30 bits per heavy atom. The molecule has 0 bridgehead atoms. The van der Waals surface area contributed by atoms with Crippen molar-refractivity contribution in [2.24, 2.45) is 0 Å². The number of pyridine rings is 1. The van der Waals surface area contributed by atoms with Crippen LogP contribution in [0.3, 0.4) is 0 Å². The molecule has 3 heterocycles. The summed E-state index contributed by atoms with van der Waals surface area (Å²) in [4.78, 5) is 22.1. The normalized spacial score (nSPS) is 16.3. The Hall–Kier alpha value is -2.64. The van der Waals surface area contributed by atoms with Gasteiger partial charge in [0.1, 0.15) is 11.5 Å². The Labute approximate surface area is 185 Å². The molecule has 0 saturated carbocycles. The van der Waals surface area contributed by atoms with Gasteiger partial charge in [-0.3, -0.25) is 9.36 Å². The molecule has 0 aromatic carbocycles.